The zero-order valence-corrected chi connectivity index (χ0v) is 15.4. The second kappa shape index (κ2) is 6.29. The van der Waals surface area contributed by atoms with Gasteiger partial charge in [-0.2, -0.15) is 5.10 Å². The Morgan fingerprint density at radius 2 is 1.76 bits per heavy atom. The Kier molecular flexibility index (Phi) is 3.97. The standard InChI is InChI=1S/C19H15BrN4O/c1-12-3-6-15(9-13(12)2)24-18-17(10-23-24)19(22-11-21-18)25-16-7-4-14(20)5-8-16/h3-11H,1-2H3. The van der Waals surface area contributed by atoms with Crippen molar-refractivity contribution >= 4 is 27.0 Å². The number of aryl methyl sites for hydroxylation is 2. The molecule has 0 spiro atoms. The predicted molar refractivity (Wildman–Crippen MR) is 100 cm³/mol. The Hall–Kier alpha value is -2.73. The van der Waals surface area contributed by atoms with E-state index in [-0.39, 0.29) is 0 Å². The van der Waals surface area contributed by atoms with Crippen molar-refractivity contribution in [2.75, 3.05) is 0 Å². The third-order valence-corrected chi connectivity index (χ3v) is 4.62. The molecule has 0 unspecified atom stereocenters. The molecule has 25 heavy (non-hydrogen) atoms. The first-order valence-electron chi connectivity index (χ1n) is 7.81. The van der Waals surface area contributed by atoms with Gasteiger partial charge < -0.3 is 4.74 Å². The second-order valence-electron chi connectivity index (χ2n) is 5.80. The van der Waals surface area contributed by atoms with E-state index in [2.05, 4.69) is 57.0 Å². The minimum Gasteiger partial charge on any atom is -0.438 e. The summed E-state index contributed by atoms with van der Waals surface area (Å²) < 4.78 is 8.71. The van der Waals surface area contributed by atoms with Gasteiger partial charge in [0.2, 0.25) is 5.88 Å². The number of rotatable bonds is 3. The molecule has 2 heterocycles. The van der Waals surface area contributed by atoms with Gasteiger partial charge in [0.25, 0.3) is 0 Å². The number of halogens is 1. The fourth-order valence-electron chi connectivity index (χ4n) is 2.56. The van der Waals surface area contributed by atoms with E-state index in [4.69, 9.17) is 4.74 Å². The number of fused-ring (bicyclic) bond motifs is 1. The Morgan fingerprint density at radius 3 is 2.52 bits per heavy atom. The van der Waals surface area contributed by atoms with Crippen LogP contribution in [0.4, 0.5) is 0 Å². The van der Waals surface area contributed by atoms with Crippen molar-refractivity contribution in [3.8, 4) is 17.3 Å². The molecule has 0 amide bonds. The number of ether oxygens (including phenoxy) is 1. The minimum absolute atomic E-state index is 0.488. The molecule has 0 saturated heterocycles. The van der Waals surface area contributed by atoms with Gasteiger partial charge in [-0.05, 0) is 61.4 Å². The van der Waals surface area contributed by atoms with Gasteiger partial charge in [0.1, 0.15) is 17.5 Å². The molecule has 2 aromatic heterocycles. The Balaban J connectivity index is 1.77. The van der Waals surface area contributed by atoms with Gasteiger partial charge in [0.15, 0.2) is 5.65 Å². The number of nitrogens with zero attached hydrogens (tertiary/aromatic N) is 4. The van der Waals surface area contributed by atoms with Crippen molar-refractivity contribution in [1.82, 2.24) is 19.7 Å². The Morgan fingerprint density at radius 1 is 0.960 bits per heavy atom. The fraction of sp³-hybridized carbons (Fsp3) is 0.105. The number of hydrogen-bond donors (Lipinski definition) is 0. The second-order valence-corrected chi connectivity index (χ2v) is 6.71. The summed E-state index contributed by atoms with van der Waals surface area (Å²) in [6.07, 6.45) is 3.23. The van der Waals surface area contributed by atoms with Crippen LogP contribution in [0.1, 0.15) is 11.1 Å². The number of aromatic nitrogens is 4. The maximum absolute atomic E-state index is 5.91. The smallest absolute Gasteiger partial charge is 0.233 e. The maximum Gasteiger partial charge on any atom is 0.233 e. The van der Waals surface area contributed by atoms with Crippen LogP contribution in [0.5, 0.6) is 11.6 Å². The van der Waals surface area contributed by atoms with E-state index in [0.29, 0.717) is 17.3 Å². The van der Waals surface area contributed by atoms with E-state index >= 15 is 0 Å². The Bertz CT molecular complexity index is 1060. The van der Waals surface area contributed by atoms with E-state index in [9.17, 15) is 0 Å². The normalized spacial score (nSPS) is 11.0. The lowest BCUT2D eigenvalue weighted by molar-refractivity contribution is 0.468. The van der Waals surface area contributed by atoms with Gasteiger partial charge in [-0.15, -0.1) is 0 Å². The molecule has 6 heteroatoms. The summed E-state index contributed by atoms with van der Waals surface area (Å²) in [5, 5.41) is 5.25. The molecule has 0 atom stereocenters. The summed E-state index contributed by atoms with van der Waals surface area (Å²) in [6.45, 7) is 4.17. The first-order chi connectivity index (χ1) is 12.1. The first-order valence-corrected chi connectivity index (χ1v) is 8.61. The van der Waals surface area contributed by atoms with Gasteiger partial charge in [0, 0.05) is 4.47 Å². The molecular weight excluding hydrogens is 380 g/mol. The highest BCUT2D eigenvalue weighted by atomic mass is 79.9. The molecule has 4 rings (SSSR count). The predicted octanol–water partition coefficient (Wildman–Crippen LogP) is 4.99. The molecule has 0 aliphatic rings. The Labute approximate surface area is 153 Å². The lowest BCUT2D eigenvalue weighted by Crippen LogP contribution is -1.99. The number of hydrogen-bond acceptors (Lipinski definition) is 4. The summed E-state index contributed by atoms with van der Waals surface area (Å²) >= 11 is 3.42. The van der Waals surface area contributed by atoms with Crippen molar-refractivity contribution in [3.63, 3.8) is 0 Å². The highest BCUT2D eigenvalue weighted by molar-refractivity contribution is 9.10. The van der Waals surface area contributed by atoms with Crippen LogP contribution in [-0.4, -0.2) is 19.7 Å². The lowest BCUT2D eigenvalue weighted by Gasteiger charge is -2.07. The summed E-state index contributed by atoms with van der Waals surface area (Å²) in [7, 11) is 0. The molecule has 0 bridgehead atoms. The molecule has 0 aliphatic heterocycles. The molecule has 124 valence electrons. The van der Waals surface area contributed by atoms with Crippen molar-refractivity contribution in [1.29, 1.82) is 0 Å². The van der Waals surface area contributed by atoms with Crippen LogP contribution in [0.15, 0.2) is 59.5 Å². The van der Waals surface area contributed by atoms with Gasteiger partial charge in [-0.25, -0.2) is 14.6 Å². The average Bonchev–Trinajstić information content (AvgIpc) is 3.04. The molecule has 0 N–H and O–H groups in total. The summed E-state index contributed by atoms with van der Waals surface area (Å²) in [5.41, 5.74) is 4.13. The lowest BCUT2D eigenvalue weighted by atomic mass is 10.1. The van der Waals surface area contributed by atoms with Crippen LogP contribution < -0.4 is 4.74 Å². The van der Waals surface area contributed by atoms with E-state index in [1.165, 1.54) is 17.5 Å². The van der Waals surface area contributed by atoms with E-state index in [1.807, 2.05) is 30.3 Å². The highest BCUT2D eigenvalue weighted by Crippen LogP contribution is 2.28. The first kappa shape index (κ1) is 15.8. The average molecular weight is 395 g/mol. The van der Waals surface area contributed by atoms with E-state index in [0.717, 1.165) is 15.5 Å². The van der Waals surface area contributed by atoms with Crippen molar-refractivity contribution < 1.29 is 4.74 Å². The zero-order chi connectivity index (χ0) is 17.4. The monoisotopic (exact) mass is 394 g/mol. The molecule has 0 fully saturated rings. The highest BCUT2D eigenvalue weighted by Gasteiger charge is 2.13. The van der Waals surface area contributed by atoms with Crippen molar-refractivity contribution in [3.05, 3.63) is 70.6 Å². The molecule has 5 nitrogen and oxygen atoms in total. The fourth-order valence-corrected chi connectivity index (χ4v) is 2.83. The van der Waals surface area contributed by atoms with Crippen LogP contribution >= 0.6 is 15.9 Å². The third-order valence-electron chi connectivity index (χ3n) is 4.09. The van der Waals surface area contributed by atoms with Gasteiger partial charge >= 0.3 is 0 Å². The molecule has 0 radical (unpaired) electrons. The van der Waals surface area contributed by atoms with E-state index in [1.54, 1.807) is 10.9 Å². The third kappa shape index (κ3) is 3.00. The summed E-state index contributed by atoms with van der Waals surface area (Å²) in [6, 6.07) is 13.8. The minimum atomic E-state index is 0.488. The molecule has 4 aromatic rings. The van der Waals surface area contributed by atoms with Crippen LogP contribution in [0, 0.1) is 13.8 Å². The zero-order valence-electron chi connectivity index (χ0n) is 13.8. The molecule has 0 aliphatic carbocycles. The quantitative estimate of drug-likeness (QED) is 0.491. The maximum atomic E-state index is 5.91. The van der Waals surface area contributed by atoms with Crippen LogP contribution in [-0.2, 0) is 0 Å². The van der Waals surface area contributed by atoms with Gasteiger partial charge in [-0.3, -0.25) is 0 Å². The van der Waals surface area contributed by atoms with Crippen molar-refractivity contribution in [2.45, 2.75) is 13.8 Å². The molecular formula is C19H15BrN4O. The van der Waals surface area contributed by atoms with Crippen molar-refractivity contribution in [2.24, 2.45) is 0 Å². The van der Waals surface area contributed by atoms with Crippen LogP contribution in [0.3, 0.4) is 0 Å². The van der Waals surface area contributed by atoms with Crippen LogP contribution in [0.2, 0.25) is 0 Å². The summed E-state index contributed by atoms with van der Waals surface area (Å²) in [5.74, 6) is 1.20. The molecule has 0 saturated carbocycles. The largest absolute Gasteiger partial charge is 0.438 e. The summed E-state index contributed by atoms with van der Waals surface area (Å²) in [4.78, 5) is 8.65. The molecule has 2 aromatic carbocycles. The van der Waals surface area contributed by atoms with Gasteiger partial charge in [0.05, 0.1) is 11.9 Å². The topological polar surface area (TPSA) is 52.8 Å². The van der Waals surface area contributed by atoms with E-state index < -0.39 is 0 Å². The van der Waals surface area contributed by atoms with Crippen LogP contribution in [0.25, 0.3) is 16.7 Å². The SMILES string of the molecule is Cc1ccc(-n2ncc3c(Oc4ccc(Br)cc4)ncnc32)cc1C. The number of benzene rings is 2. The van der Waals surface area contributed by atoms with Gasteiger partial charge in [-0.1, -0.05) is 22.0 Å².